The van der Waals surface area contributed by atoms with Gasteiger partial charge < -0.3 is 15.0 Å². The number of likely N-dealkylation sites (N-methyl/N-ethyl adjacent to an activating group) is 2. The highest BCUT2D eigenvalue weighted by molar-refractivity contribution is 5.20. The lowest BCUT2D eigenvalue weighted by Crippen LogP contribution is -2.60. The van der Waals surface area contributed by atoms with Crippen molar-refractivity contribution in [1.82, 2.24) is 10.2 Å². The van der Waals surface area contributed by atoms with E-state index in [1.807, 2.05) is 6.26 Å². The topological polar surface area (TPSA) is 24.5 Å². The van der Waals surface area contributed by atoms with Gasteiger partial charge in [-0.15, -0.1) is 0 Å². The van der Waals surface area contributed by atoms with Crippen LogP contribution in [0, 0.1) is 5.92 Å². The number of nitrogens with one attached hydrogen (secondary N) is 1. The highest BCUT2D eigenvalue weighted by atomic mass is 16.5. The molecule has 3 nitrogen and oxygen atoms in total. The highest BCUT2D eigenvalue weighted by Crippen LogP contribution is 2.40. The van der Waals surface area contributed by atoms with E-state index in [2.05, 4.69) is 38.3 Å². The standard InChI is InChI=1S/C16H30N2O/c1-13-7-9-16(10-8-13,18(3)4)15(17-2)14-6-5-11-19-12-14/h12-13,15,17H,5-11H2,1-4H3. The molecule has 0 amide bonds. The summed E-state index contributed by atoms with van der Waals surface area (Å²) in [4.78, 5) is 2.45. The van der Waals surface area contributed by atoms with E-state index < -0.39 is 0 Å². The van der Waals surface area contributed by atoms with Crippen LogP contribution in [0.5, 0.6) is 0 Å². The maximum atomic E-state index is 5.58. The Balaban J connectivity index is 2.23. The van der Waals surface area contributed by atoms with E-state index in [1.165, 1.54) is 37.7 Å². The first-order chi connectivity index (χ1) is 9.10. The van der Waals surface area contributed by atoms with Gasteiger partial charge in [0.25, 0.3) is 0 Å². The van der Waals surface area contributed by atoms with E-state index in [1.54, 1.807) is 0 Å². The molecule has 0 aromatic heterocycles. The monoisotopic (exact) mass is 266 g/mol. The average molecular weight is 266 g/mol. The van der Waals surface area contributed by atoms with Crippen LogP contribution in [0.15, 0.2) is 11.8 Å². The second-order valence-electron chi connectivity index (χ2n) is 6.57. The van der Waals surface area contributed by atoms with Crippen LogP contribution in [0.25, 0.3) is 0 Å². The molecule has 3 heteroatoms. The molecular weight excluding hydrogens is 236 g/mol. The molecule has 1 saturated carbocycles. The maximum Gasteiger partial charge on any atom is 0.0876 e. The lowest BCUT2D eigenvalue weighted by molar-refractivity contribution is 0.0532. The smallest absolute Gasteiger partial charge is 0.0876 e. The lowest BCUT2D eigenvalue weighted by Gasteiger charge is -2.50. The van der Waals surface area contributed by atoms with Crippen LogP contribution in [0.3, 0.4) is 0 Å². The molecule has 1 aliphatic carbocycles. The Kier molecular flexibility index (Phi) is 4.91. The van der Waals surface area contributed by atoms with Gasteiger partial charge >= 0.3 is 0 Å². The van der Waals surface area contributed by atoms with Crippen molar-refractivity contribution in [3.8, 4) is 0 Å². The zero-order valence-corrected chi connectivity index (χ0v) is 13.0. The predicted molar refractivity (Wildman–Crippen MR) is 80.2 cm³/mol. The third kappa shape index (κ3) is 2.97. The molecular formula is C16H30N2O. The normalized spacial score (nSPS) is 33.7. The van der Waals surface area contributed by atoms with Gasteiger partial charge in [-0.3, -0.25) is 0 Å². The fourth-order valence-electron chi connectivity index (χ4n) is 3.85. The van der Waals surface area contributed by atoms with Gasteiger partial charge in [-0.2, -0.15) is 0 Å². The molecule has 19 heavy (non-hydrogen) atoms. The number of nitrogens with zero attached hydrogens (tertiary/aromatic N) is 1. The van der Waals surface area contributed by atoms with Crippen LogP contribution in [0.2, 0.25) is 0 Å². The molecule has 0 radical (unpaired) electrons. The van der Waals surface area contributed by atoms with Crippen molar-refractivity contribution in [2.45, 2.75) is 57.0 Å². The molecule has 2 rings (SSSR count). The third-order valence-electron chi connectivity index (χ3n) is 5.19. The highest BCUT2D eigenvalue weighted by Gasteiger charge is 2.44. The summed E-state index contributed by atoms with van der Waals surface area (Å²) < 4.78 is 5.58. The Labute approximate surface area is 118 Å². The summed E-state index contributed by atoms with van der Waals surface area (Å²) in [6.45, 7) is 3.27. The van der Waals surface area contributed by atoms with Gasteiger partial charge in [0, 0.05) is 11.6 Å². The maximum absolute atomic E-state index is 5.58. The van der Waals surface area contributed by atoms with Crippen LogP contribution in [0.1, 0.15) is 45.4 Å². The first-order valence-electron chi connectivity index (χ1n) is 7.75. The lowest BCUT2D eigenvalue weighted by atomic mass is 9.69. The fraction of sp³-hybridized carbons (Fsp3) is 0.875. The third-order valence-corrected chi connectivity index (χ3v) is 5.19. The molecule has 0 saturated heterocycles. The minimum absolute atomic E-state index is 0.258. The van der Waals surface area contributed by atoms with Gasteiger partial charge in [0.1, 0.15) is 0 Å². The first kappa shape index (κ1) is 14.9. The zero-order chi connectivity index (χ0) is 13.9. The quantitative estimate of drug-likeness (QED) is 0.847. The van der Waals surface area contributed by atoms with Crippen molar-refractivity contribution in [3.05, 3.63) is 11.8 Å². The van der Waals surface area contributed by atoms with E-state index in [4.69, 9.17) is 4.74 Å². The Morgan fingerprint density at radius 2 is 2.05 bits per heavy atom. The molecule has 1 atom stereocenters. The Bertz CT molecular complexity index is 317. The molecule has 2 aliphatic rings. The average Bonchev–Trinajstić information content (AvgIpc) is 2.43. The Hall–Kier alpha value is -0.540. The molecule has 0 aromatic carbocycles. The molecule has 0 spiro atoms. The SMILES string of the molecule is CNC(C1=COCCC1)C1(N(C)C)CCC(C)CC1. The van der Waals surface area contributed by atoms with E-state index in [9.17, 15) is 0 Å². The minimum Gasteiger partial charge on any atom is -0.501 e. The Morgan fingerprint density at radius 1 is 1.37 bits per heavy atom. The minimum atomic E-state index is 0.258. The molecule has 1 unspecified atom stereocenters. The van der Waals surface area contributed by atoms with Gasteiger partial charge in [0.15, 0.2) is 0 Å². The second-order valence-corrected chi connectivity index (χ2v) is 6.57. The van der Waals surface area contributed by atoms with Crippen LogP contribution in [-0.4, -0.2) is 44.2 Å². The molecule has 1 fully saturated rings. The van der Waals surface area contributed by atoms with Crippen molar-refractivity contribution in [1.29, 1.82) is 0 Å². The predicted octanol–water partition coefficient (Wildman–Crippen LogP) is 2.78. The van der Waals surface area contributed by atoms with Gasteiger partial charge in [0.2, 0.25) is 0 Å². The van der Waals surface area contributed by atoms with Crippen LogP contribution in [0.4, 0.5) is 0 Å². The van der Waals surface area contributed by atoms with Crippen LogP contribution < -0.4 is 5.32 Å². The van der Waals surface area contributed by atoms with Crippen molar-refractivity contribution < 1.29 is 4.74 Å². The molecule has 1 aliphatic heterocycles. The summed E-state index contributed by atoms with van der Waals surface area (Å²) in [7, 11) is 6.58. The summed E-state index contributed by atoms with van der Waals surface area (Å²) in [6, 6.07) is 0.426. The number of rotatable bonds is 4. The van der Waals surface area contributed by atoms with E-state index in [-0.39, 0.29) is 5.54 Å². The summed E-state index contributed by atoms with van der Waals surface area (Å²) in [6.07, 6.45) is 9.59. The number of ether oxygens (including phenoxy) is 1. The Morgan fingerprint density at radius 3 is 2.53 bits per heavy atom. The first-order valence-corrected chi connectivity index (χ1v) is 7.75. The van der Waals surface area contributed by atoms with Gasteiger partial charge in [0.05, 0.1) is 12.9 Å². The summed E-state index contributed by atoms with van der Waals surface area (Å²) in [5.41, 5.74) is 1.71. The van der Waals surface area contributed by atoms with Crippen LogP contribution >= 0.6 is 0 Å². The molecule has 0 aromatic rings. The number of hydrogen-bond acceptors (Lipinski definition) is 3. The van der Waals surface area contributed by atoms with E-state index in [0.717, 1.165) is 18.9 Å². The summed E-state index contributed by atoms with van der Waals surface area (Å²) >= 11 is 0. The molecule has 0 bridgehead atoms. The van der Waals surface area contributed by atoms with Crippen molar-refractivity contribution >= 4 is 0 Å². The van der Waals surface area contributed by atoms with Crippen molar-refractivity contribution in [2.24, 2.45) is 5.92 Å². The zero-order valence-electron chi connectivity index (χ0n) is 13.0. The fourth-order valence-corrected chi connectivity index (χ4v) is 3.85. The van der Waals surface area contributed by atoms with E-state index in [0.29, 0.717) is 6.04 Å². The van der Waals surface area contributed by atoms with Gasteiger partial charge in [-0.25, -0.2) is 0 Å². The van der Waals surface area contributed by atoms with E-state index >= 15 is 0 Å². The van der Waals surface area contributed by atoms with Crippen molar-refractivity contribution in [3.63, 3.8) is 0 Å². The van der Waals surface area contributed by atoms with Gasteiger partial charge in [-0.1, -0.05) is 6.92 Å². The second kappa shape index (κ2) is 6.27. The summed E-state index contributed by atoms with van der Waals surface area (Å²) in [5.74, 6) is 0.877. The molecule has 1 heterocycles. The summed E-state index contributed by atoms with van der Waals surface area (Å²) in [5, 5.41) is 3.59. The van der Waals surface area contributed by atoms with Crippen LogP contribution in [-0.2, 0) is 4.74 Å². The molecule has 110 valence electrons. The van der Waals surface area contributed by atoms with Gasteiger partial charge in [-0.05, 0) is 71.2 Å². The van der Waals surface area contributed by atoms with Crippen molar-refractivity contribution in [2.75, 3.05) is 27.7 Å². The molecule has 1 N–H and O–H groups in total. The largest absolute Gasteiger partial charge is 0.501 e. The number of hydrogen-bond donors (Lipinski definition) is 1.